The van der Waals surface area contributed by atoms with E-state index in [-0.39, 0.29) is 12.2 Å². The molecule has 66 valence electrons. The third kappa shape index (κ3) is 0.930. The van der Waals surface area contributed by atoms with Gasteiger partial charge in [-0.05, 0) is 23.5 Å². The second-order valence-corrected chi connectivity index (χ2v) is 4.22. The highest BCUT2D eigenvalue weighted by Gasteiger charge is 2.38. The van der Waals surface area contributed by atoms with Crippen molar-refractivity contribution < 1.29 is 4.74 Å². The van der Waals surface area contributed by atoms with Gasteiger partial charge in [-0.2, -0.15) is 0 Å². The molecule has 0 saturated heterocycles. The molecule has 1 aromatic carbocycles. The van der Waals surface area contributed by atoms with Gasteiger partial charge in [-0.1, -0.05) is 24.3 Å². The maximum absolute atomic E-state index is 5.83. The Balaban J connectivity index is 2.13. The summed E-state index contributed by atoms with van der Waals surface area (Å²) in [6.07, 6.45) is 4.80. The Morgan fingerprint density at radius 1 is 1.23 bits per heavy atom. The van der Waals surface area contributed by atoms with Crippen molar-refractivity contribution >= 4 is 11.8 Å². The Labute approximate surface area is 81.8 Å². The van der Waals surface area contributed by atoms with Gasteiger partial charge in [-0.25, -0.2) is 0 Å². The number of ether oxygens (including phenoxy) is 1. The lowest BCUT2D eigenvalue weighted by atomic mass is 9.97. The van der Waals surface area contributed by atoms with E-state index in [1.54, 1.807) is 11.8 Å². The zero-order valence-electron chi connectivity index (χ0n) is 7.36. The van der Waals surface area contributed by atoms with Crippen molar-refractivity contribution in [2.45, 2.75) is 12.2 Å². The Bertz CT molecular complexity index is 383. The first-order valence-corrected chi connectivity index (χ1v) is 5.62. The van der Waals surface area contributed by atoms with Crippen molar-refractivity contribution in [3.63, 3.8) is 0 Å². The molecule has 0 saturated carbocycles. The fourth-order valence-corrected chi connectivity index (χ4v) is 2.72. The topological polar surface area (TPSA) is 9.23 Å². The summed E-state index contributed by atoms with van der Waals surface area (Å²) in [5.74, 6) is 0. The van der Waals surface area contributed by atoms with E-state index in [4.69, 9.17) is 4.74 Å². The molecule has 1 aromatic rings. The minimum atomic E-state index is 0.226. The van der Waals surface area contributed by atoms with Crippen LogP contribution in [0.2, 0.25) is 0 Å². The van der Waals surface area contributed by atoms with Gasteiger partial charge in [-0.3, -0.25) is 0 Å². The number of thioether (sulfide) groups is 1. The highest BCUT2D eigenvalue weighted by atomic mass is 32.2. The lowest BCUT2D eigenvalue weighted by Crippen LogP contribution is -1.96. The van der Waals surface area contributed by atoms with E-state index < -0.39 is 0 Å². The lowest BCUT2D eigenvalue weighted by molar-refractivity contribution is 0.0865. The van der Waals surface area contributed by atoms with Gasteiger partial charge in [0.2, 0.25) is 0 Å². The largest absolute Gasteiger partial charge is 0.356 e. The van der Waals surface area contributed by atoms with Crippen molar-refractivity contribution in [2.75, 3.05) is 6.26 Å². The minimum Gasteiger partial charge on any atom is -0.356 e. The molecule has 2 aliphatic heterocycles. The van der Waals surface area contributed by atoms with Crippen molar-refractivity contribution in [3.8, 4) is 0 Å². The molecule has 0 amide bonds. The van der Waals surface area contributed by atoms with Crippen molar-refractivity contribution in [1.82, 2.24) is 0 Å². The Morgan fingerprint density at radius 2 is 2.00 bits per heavy atom. The molecule has 2 heteroatoms. The van der Waals surface area contributed by atoms with Gasteiger partial charge in [0.15, 0.2) is 0 Å². The zero-order valence-corrected chi connectivity index (χ0v) is 8.17. The number of rotatable bonds is 1. The summed E-state index contributed by atoms with van der Waals surface area (Å²) in [6, 6.07) is 8.49. The molecule has 0 aromatic heterocycles. The number of hydrogen-bond acceptors (Lipinski definition) is 2. The van der Waals surface area contributed by atoms with Crippen molar-refractivity contribution in [3.05, 3.63) is 46.4 Å². The minimum absolute atomic E-state index is 0.226. The van der Waals surface area contributed by atoms with Crippen LogP contribution in [-0.2, 0) is 4.74 Å². The normalized spacial score (nSPS) is 28.8. The van der Waals surface area contributed by atoms with Crippen LogP contribution in [0.5, 0.6) is 0 Å². The zero-order chi connectivity index (χ0) is 8.84. The van der Waals surface area contributed by atoms with Gasteiger partial charge in [0.25, 0.3) is 0 Å². The molecule has 2 heterocycles. The quantitative estimate of drug-likeness (QED) is 0.673. The van der Waals surface area contributed by atoms with Gasteiger partial charge in [-0.15, -0.1) is 11.8 Å². The highest BCUT2D eigenvalue weighted by Crippen LogP contribution is 2.52. The standard InChI is InChI=1S/C11H10OS/c1-13-10-6-9-7-4-2-3-5-8(7)11(10)12-9/h2-6,9,11H,1H3. The first-order chi connectivity index (χ1) is 6.40. The van der Waals surface area contributed by atoms with Gasteiger partial charge >= 0.3 is 0 Å². The summed E-state index contributed by atoms with van der Waals surface area (Å²) in [6.45, 7) is 0. The van der Waals surface area contributed by atoms with E-state index in [2.05, 4.69) is 36.6 Å². The van der Waals surface area contributed by atoms with Crippen LogP contribution >= 0.6 is 11.8 Å². The monoisotopic (exact) mass is 190 g/mol. The number of fused-ring (bicyclic) bond motifs is 5. The van der Waals surface area contributed by atoms with Crippen LogP contribution in [0, 0.1) is 0 Å². The van der Waals surface area contributed by atoms with Crippen LogP contribution in [0.1, 0.15) is 23.3 Å². The predicted octanol–water partition coefficient (Wildman–Crippen LogP) is 3.06. The second kappa shape index (κ2) is 2.63. The van der Waals surface area contributed by atoms with Crippen molar-refractivity contribution in [1.29, 1.82) is 0 Å². The van der Waals surface area contributed by atoms with E-state index in [1.165, 1.54) is 16.0 Å². The van der Waals surface area contributed by atoms with E-state index in [1.807, 2.05) is 0 Å². The van der Waals surface area contributed by atoms with E-state index in [0.29, 0.717) is 0 Å². The first-order valence-electron chi connectivity index (χ1n) is 4.40. The Kier molecular flexibility index (Phi) is 1.55. The molecule has 2 atom stereocenters. The molecule has 2 aliphatic rings. The first kappa shape index (κ1) is 7.65. The molecule has 2 bridgehead atoms. The molecule has 0 radical (unpaired) electrons. The average molecular weight is 190 g/mol. The molecule has 0 aliphatic carbocycles. The van der Waals surface area contributed by atoms with E-state index >= 15 is 0 Å². The molecule has 0 N–H and O–H groups in total. The molecule has 13 heavy (non-hydrogen) atoms. The summed E-state index contributed by atoms with van der Waals surface area (Å²) in [7, 11) is 0. The van der Waals surface area contributed by atoms with Crippen molar-refractivity contribution in [2.24, 2.45) is 0 Å². The molecule has 1 nitrogen and oxygen atoms in total. The van der Waals surface area contributed by atoms with Crippen LogP contribution in [0.3, 0.4) is 0 Å². The van der Waals surface area contributed by atoms with Gasteiger partial charge in [0.1, 0.15) is 12.2 Å². The van der Waals surface area contributed by atoms with Gasteiger partial charge < -0.3 is 4.74 Å². The van der Waals surface area contributed by atoms with Crippen LogP contribution in [-0.4, -0.2) is 6.26 Å². The summed E-state index contributed by atoms with van der Waals surface area (Å²) in [5.41, 5.74) is 2.71. The number of benzene rings is 1. The fourth-order valence-electron chi connectivity index (χ4n) is 2.06. The van der Waals surface area contributed by atoms with Gasteiger partial charge in [0.05, 0.1) is 0 Å². The molecular formula is C11H10OS. The Hall–Kier alpha value is -0.730. The SMILES string of the molecule is CSC1=CC2OC1c1ccccc12. The maximum Gasteiger partial charge on any atom is 0.115 e. The predicted molar refractivity (Wildman–Crippen MR) is 54.6 cm³/mol. The summed E-state index contributed by atoms with van der Waals surface area (Å²) in [4.78, 5) is 1.36. The van der Waals surface area contributed by atoms with Crippen LogP contribution in [0.15, 0.2) is 35.2 Å². The van der Waals surface area contributed by atoms with Crippen LogP contribution < -0.4 is 0 Å². The van der Waals surface area contributed by atoms with Gasteiger partial charge in [0, 0.05) is 4.91 Å². The number of hydrogen-bond donors (Lipinski definition) is 0. The fraction of sp³-hybridized carbons (Fsp3) is 0.273. The lowest BCUT2D eigenvalue weighted by Gasteiger charge is -2.11. The van der Waals surface area contributed by atoms with Crippen LogP contribution in [0.4, 0.5) is 0 Å². The molecule has 0 fully saturated rings. The van der Waals surface area contributed by atoms with Crippen LogP contribution in [0.25, 0.3) is 0 Å². The summed E-state index contributed by atoms with van der Waals surface area (Å²) >= 11 is 1.80. The second-order valence-electron chi connectivity index (χ2n) is 3.34. The molecular weight excluding hydrogens is 180 g/mol. The summed E-state index contributed by atoms with van der Waals surface area (Å²) < 4.78 is 5.83. The van der Waals surface area contributed by atoms with E-state index in [0.717, 1.165) is 0 Å². The average Bonchev–Trinajstić information content (AvgIpc) is 2.75. The smallest absolute Gasteiger partial charge is 0.115 e. The molecule has 0 spiro atoms. The third-order valence-corrected chi connectivity index (χ3v) is 3.50. The van der Waals surface area contributed by atoms with E-state index in [9.17, 15) is 0 Å². The third-order valence-electron chi connectivity index (χ3n) is 2.68. The Morgan fingerprint density at radius 3 is 2.77 bits per heavy atom. The molecule has 3 rings (SSSR count). The highest BCUT2D eigenvalue weighted by molar-refractivity contribution is 8.02. The maximum atomic E-state index is 5.83. The molecule has 2 unspecified atom stereocenters. The summed E-state index contributed by atoms with van der Waals surface area (Å²) in [5, 5.41) is 0.